The maximum absolute atomic E-state index is 12.5. The van der Waals surface area contributed by atoms with Gasteiger partial charge in [0.05, 0.1) is 12.0 Å². The number of carboxylic acid groups (broad SMARTS) is 1. The number of rotatable bonds is 4. The van der Waals surface area contributed by atoms with Crippen molar-refractivity contribution in [3.05, 3.63) is 34.3 Å². The van der Waals surface area contributed by atoms with Gasteiger partial charge in [-0.3, -0.25) is 9.59 Å². The van der Waals surface area contributed by atoms with Gasteiger partial charge in [-0.05, 0) is 37.5 Å². The Balaban J connectivity index is 2.08. The van der Waals surface area contributed by atoms with E-state index in [2.05, 4.69) is 0 Å². The highest BCUT2D eigenvalue weighted by Crippen LogP contribution is 2.33. The fourth-order valence-electron chi connectivity index (χ4n) is 2.74. The van der Waals surface area contributed by atoms with Crippen molar-refractivity contribution >= 4 is 23.5 Å². The summed E-state index contributed by atoms with van der Waals surface area (Å²) in [5.74, 6) is -0.974. The Bertz CT molecular complexity index is 580. The summed E-state index contributed by atoms with van der Waals surface area (Å²) >= 11 is 6.06. The number of carbonyl (C=O) groups is 2. The highest BCUT2D eigenvalue weighted by molar-refractivity contribution is 6.31. The van der Waals surface area contributed by atoms with Crippen LogP contribution >= 0.6 is 11.6 Å². The maximum Gasteiger partial charge on any atom is 0.312 e. The average molecular weight is 326 g/mol. The minimum Gasteiger partial charge on any atom is -0.481 e. The van der Waals surface area contributed by atoms with Crippen LogP contribution in [-0.4, -0.2) is 48.7 Å². The topological polar surface area (TPSA) is 66.8 Å². The van der Waals surface area contributed by atoms with Crippen molar-refractivity contribution in [2.75, 3.05) is 26.8 Å². The fourth-order valence-corrected chi connectivity index (χ4v) is 2.92. The number of piperidine rings is 1. The van der Waals surface area contributed by atoms with Crippen LogP contribution in [0.15, 0.2) is 18.2 Å². The van der Waals surface area contributed by atoms with E-state index < -0.39 is 11.4 Å². The number of hydrogen-bond donors (Lipinski definition) is 1. The third-order valence-electron chi connectivity index (χ3n) is 4.30. The van der Waals surface area contributed by atoms with Gasteiger partial charge in [0.25, 0.3) is 5.91 Å². The average Bonchev–Trinajstić information content (AvgIpc) is 2.50. The lowest BCUT2D eigenvalue weighted by molar-refractivity contribution is -0.155. The van der Waals surface area contributed by atoms with E-state index in [-0.39, 0.29) is 12.5 Å². The number of carboxylic acids is 1. The van der Waals surface area contributed by atoms with Crippen LogP contribution in [0.5, 0.6) is 0 Å². The first-order valence-electron chi connectivity index (χ1n) is 7.17. The first kappa shape index (κ1) is 16.8. The molecule has 0 aliphatic carbocycles. The van der Waals surface area contributed by atoms with Gasteiger partial charge in [-0.1, -0.05) is 17.7 Å². The Morgan fingerprint density at radius 2 is 2.00 bits per heavy atom. The molecule has 1 aliphatic heterocycles. The molecule has 0 spiro atoms. The molecule has 1 N–H and O–H groups in total. The summed E-state index contributed by atoms with van der Waals surface area (Å²) < 4.78 is 5.05. The zero-order chi connectivity index (χ0) is 16.3. The number of ether oxygens (including phenoxy) is 1. The fraction of sp³-hybridized carbons (Fsp3) is 0.500. The van der Waals surface area contributed by atoms with E-state index in [0.717, 1.165) is 5.56 Å². The molecule has 1 heterocycles. The molecule has 0 atom stereocenters. The van der Waals surface area contributed by atoms with Crippen LogP contribution in [0.4, 0.5) is 0 Å². The molecule has 1 saturated heterocycles. The maximum atomic E-state index is 12.5. The summed E-state index contributed by atoms with van der Waals surface area (Å²) in [6.07, 6.45) is 0.781. The summed E-state index contributed by atoms with van der Waals surface area (Å²) in [4.78, 5) is 25.7. The number of carbonyl (C=O) groups excluding carboxylic acids is 1. The number of methoxy groups -OCH3 is 1. The zero-order valence-electron chi connectivity index (χ0n) is 12.8. The lowest BCUT2D eigenvalue weighted by Gasteiger charge is -2.38. The number of amides is 1. The second-order valence-electron chi connectivity index (χ2n) is 5.77. The summed E-state index contributed by atoms with van der Waals surface area (Å²) in [6.45, 7) is 2.85. The van der Waals surface area contributed by atoms with Crippen LogP contribution in [0.3, 0.4) is 0 Å². The quantitative estimate of drug-likeness (QED) is 0.924. The van der Waals surface area contributed by atoms with E-state index in [1.165, 1.54) is 7.11 Å². The van der Waals surface area contributed by atoms with E-state index in [0.29, 0.717) is 36.5 Å². The molecule has 1 fully saturated rings. The van der Waals surface area contributed by atoms with Crippen molar-refractivity contribution in [1.29, 1.82) is 0 Å². The number of halogens is 1. The molecule has 1 aromatic rings. The van der Waals surface area contributed by atoms with Gasteiger partial charge in [0.2, 0.25) is 0 Å². The van der Waals surface area contributed by atoms with Gasteiger partial charge >= 0.3 is 5.97 Å². The second kappa shape index (κ2) is 6.67. The second-order valence-corrected chi connectivity index (χ2v) is 6.18. The molecule has 0 bridgehead atoms. The molecule has 5 nitrogen and oxygen atoms in total. The monoisotopic (exact) mass is 325 g/mol. The molecule has 0 aromatic heterocycles. The summed E-state index contributed by atoms with van der Waals surface area (Å²) in [7, 11) is 1.50. The Morgan fingerprint density at radius 1 is 1.36 bits per heavy atom. The number of likely N-dealkylation sites (tertiary alicyclic amines) is 1. The van der Waals surface area contributed by atoms with Crippen molar-refractivity contribution in [3.8, 4) is 0 Å². The van der Waals surface area contributed by atoms with E-state index in [1.807, 2.05) is 13.0 Å². The highest BCUT2D eigenvalue weighted by Gasteiger charge is 2.42. The van der Waals surface area contributed by atoms with Gasteiger partial charge in [0.1, 0.15) is 0 Å². The van der Waals surface area contributed by atoms with Crippen LogP contribution in [-0.2, 0) is 9.53 Å². The predicted octanol–water partition coefficient (Wildman–Crippen LogP) is 2.60. The van der Waals surface area contributed by atoms with Crippen LogP contribution in [0.1, 0.15) is 28.8 Å². The molecule has 120 valence electrons. The molecule has 2 rings (SSSR count). The number of hydrogen-bond acceptors (Lipinski definition) is 3. The zero-order valence-corrected chi connectivity index (χ0v) is 13.5. The predicted molar refractivity (Wildman–Crippen MR) is 83.3 cm³/mol. The van der Waals surface area contributed by atoms with Crippen molar-refractivity contribution in [1.82, 2.24) is 4.90 Å². The normalized spacial score (nSPS) is 17.3. The third-order valence-corrected chi connectivity index (χ3v) is 4.71. The van der Waals surface area contributed by atoms with Crippen LogP contribution in [0.2, 0.25) is 5.02 Å². The van der Waals surface area contributed by atoms with E-state index >= 15 is 0 Å². The van der Waals surface area contributed by atoms with Crippen molar-refractivity contribution < 1.29 is 19.4 Å². The SMILES string of the molecule is COCC1(C(=O)O)CCN(C(=O)c2ccc(C)c(Cl)c2)CC1. The Hall–Kier alpha value is -1.59. The molecule has 1 aliphatic rings. The van der Waals surface area contributed by atoms with E-state index in [4.69, 9.17) is 16.3 Å². The molecule has 0 radical (unpaired) electrons. The Kier molecular flexibility index (Phi) is 5.08. The summed E-state index contributed by atoms with van der Waals surface area (Å²) in [5, 5.41) is 9.99. The third kappa shape index (κ3) is 3.25. The molecule has 1 aromatic carbocycles. The van der Waals surface area contributed by atoms with Crippen molar-refractivity contribution in [2.24, 2.45) is 5.41 Å². The Morgan fingerprint density at radius 3 is 2.50 bits per heavy atom. The summed E-state index contributed by atoms with van der Waals surface area (Å²) in [6, 6.07) is 5.22. The molecule has 22 heavy (non-hydrogen) atoms. The van der Waals surface area contributed by atoms with Crippen LogP contribution in [0.25, 0.3) is 0 Å². The lowest BCUT2D eigenvalue weighted by atomic mass is 9.79. The van der Waals surface area contributed by atoms with Crippen LogP contribution < -0.4 is 0 Å². The first-order valence-corrected chi connectivity index (χ1v) is 7.55. The van der Waals surface area contributed by atoms with E-state index in [9.17, 15) is 14.7 Å². The standard InChI is InChI=1S/C16H20ClNO4/c1-11-3-4-12(9-13(11)17)14(19)18-7-5-16(6-8-18,10-22-2)15(20)21/h3-4,9H,5-8,10H2,1-2H3,(H,20,21). The number of aliphatic carboxylic acids is 1. The summed E-state index contributed by atoms with van der Waals surface area (Å²) in [5.41, 5.74) is 0.559. The molecule has 1 amide bonds. The lowest BCUT2D eigenvalue weighted by Crippen LogP contribution is -2.48. The minimum absolute atomic E-state index is 0.113. The van der Waals surface area contributed by atoms with Gasteiger partial charge in [-0.15, -0.1) is 0 Å². The van der Waals surface area contributed by atoms with Crippen LogP contribution in [0, 0.1) is 12.3 Å². The van der Waals surface area contributed by atoms with Gasteiger partial charge in [0, 0.05) is 30.8 Å². The Labute approximate surface area is 134 Å². The van der Waals surface area contributed by atoms with Crippen molar-refractivity contribution in [2.45, 2.75) is 19.8 Å². The van der Waals surface area contributed by atoms with Gasteiger partial charge in [0.15, 0.2) is 0 Å². The molecular formula is C16H20ClNO4. The molecule has 0 saturated carbocycles. The number of benzene rings is 1. The molecular weight excluding hydrogens is 306 g/mol. The first-order chi connectivity index (χ1) is 10.4. The highest BCUT2D eigenvalue weighted by atomic mass is 35.5. The smallest absolute Gasteiger partial charge is 0.312 e. The van der Waals surface area contributed by atoms with Gasteiger partial charge < -0.3 is 14.7 Å². The van der Waals surface area contributed by atoms with E-state index in [1.54, 1.807) is 17.0 Å². The minimum atomic E-state index is -0.892. The molecule has 6 heteroatoms. The largest absolute Gasteiger partial charge is 0.481 e. The number of nitrogens with zero attached hydrogens (tertiary/aromatic N) is 1. The number of aryl methyl sites for hydroxylation is 1. The van der Waals surface area contributed by atoms with Crippen molar-refractivity contribution in [3.63, 3.8) is 0 Å². The molecule has 0 unspecified atom stereocenters. The van der Waals surface area contributed by atoms with Gasteiger partial charge in [-0.25, -0.2) is 0 Å². The van der Waals surface area contributed by atoms with Gasteiger partial charge in [-0.2, -0.15) is 0 Å².